The lowest BCUT2D eigenvalue weighted by atomic mass is 10.3. The Labute approximate surface area is 108 Å². The van der Waals surface area contributed by atoms with E-state index in [-0.39, 0.29) is 5.69 Å². The highest BCUT2D eigenvalue weighted by molar-refractivity contribution is 5.93. The Morgan fingerprint density at radius 1 is 1.42 bits per heavy atom. The van der Waals surface area contributed by atoms with Crippen molar-refractivity contribution in [3.8, 4) is 11.5 Å². The number of carboxylic acids is 1. The average molecular weight is 257 g/mol. The zero-order chi connectivity index (χ0) is 13.4. The number of aromatic nitrogens is 3. The van der Waals surface area contributed by atoms with E-state index in [2.05, 4.69) is 10.1 Å². The van der Waals surface area contributed by atoms with Crippen LogP contribution in [0.5, 0.6) is 0 Å². The number of nitrogens with zero attached hydrogens (tertiary/aromatic N) is 3. The number of carbonyl (C=O) groups is 1. The lowest BCUT2D eigenvalue weighted by Crippen LogP contribution is -1.99. The van der Waals surface area contributed by atoms with Crippen LogP contribution in [0.2, 0.25) is 0 Å². The second kappa shape index (κ2) is 4.24. The largest absolute Gasteiger partial charge is 0.476 e. The van der Waals surface area contributed by atoms with Gasteiger partial charge < -0.3 is 9.52 Å². The van der Waals surface area contributed by atoms with Gasteiger partial charge in [0, 0.05) is 6.42 Å². The number of carboxylic acid groups (broad SMARTS) is 1. The number of hydrogen-bond acceptors (Lipinski definition) is 4. The number of aromatic carboxylic acids is 1. The summed E-state index contributed by atoms with van der Waals surface area (Å²) >= 11 is 0. The zero-order valence-electron chi connectivity index (χ0n) is 10.2. The first kappa shape index (κ1) is 11.5. The molecule has 19 heavy (non-hydrogen) atoms. The first-order chi connectivity index (χ1) is 9.20. The summed E-state index contributed by atoms with van der Waals surface area (Å²) in [6, 6.07) is 7.00. The SMILES string of the molecule is CCc1nc(C(=O)O)c2ccc(-c3ccco3)nn12. The first-order valence-electron chi connectivity index (χ1n) is 5.86. The van der Waals surface area contributed by atoms with Crippen molar-refractivity contribution < 1.29 is 14.3 Å². The molecule has 0 saturated heterocycles. The van der Waals surface area contributed by atoms with Crippen molar-refractivity contribution in [1.29, 1.82) is 0 Å². The van der Waals surface area contributed by atoms with Crippen molar-refractivity contribution in [2.75, 3.05) is 0 Å². The summed E-state index contributed by atoms with van der Waals surface area (Å²) in [5, 5.41) is 13.5. The number of hydrogen-bond donors (Lipinski definition) is 1. The molecule has 0 radical (unpaired) electrons. The summed E-state index contributed by atoms with van der Waals surface area (Å²) in [5.74, 6) is 0.195. The molecule has 3 aromatic heterocycles. The van der Waals surface area contributed by atoms with Gasteiger partial charge >= 0.3 is 5.97 Å². The molecule has 0 unspecified atom stereocenters. The number of rotatable bonds is 3. The van der Waals surface area contributed by atoms with E-state index >= 15 is 0 Å². The number of furan rings is 1. The lowest BCUT2D eigenvalue weighted by molar-refractivity contribution is 0.0693. The summed E-state index contributed by atoms with van der Waals surface area (Å²) in [4.78, 5) is 15.2. The molecule has 1 N–H and O–H groups in total. The summed E-state index contributed by atoms with van der Waals surface area (Å²) in [6.45, 7) is 1.90. The summed E-state index contributed by atoms with van der Waals surface area (Å²) in [6.07, 6.45) is 2.17. The average Bonchev–Trinajstić information content (AvgIpc) is 3.05. The summed E-state index contributed by atoms with van der Waals surface area (Å²) < 4.78 is 6.84. The van der Waals surface area contributed by atoms with Gasteiger partial charge in [-0.1, -0.05) is 6.92 Å². The van der Waals surface area contributed by atoms with Gasteiger partial charge in [0.15, 0.2) is 11.5 Å². The van der Waals surface area contributed by atoms with Gasteiger partial charge in [0.05, 0.1) is 11.8 Å². The van der Waals surface area contributed by atoms with Crippen molar-refractivity contribution in [2.45, 2.75) is 13.3 Å². The van der Waals surface area contributed by atoms with Crippen molar-refractivity contribution in [2.24, 2.45) is 0 Å². The molecule has 0 bridgehead atoms. The Kier molecular flexibility index (Phi) is 2.56. The van der Waals surface area contributed by atoms with Crippen LogP contribution in [0.4, 0.5) is 0 Å². The van der Waals surface area contributed by atoms with Crippen LogP contribution in [0.1, 0.15) is 23.2 Å². The molecule has 0 spiro atoms. The molecule has 0 aliphatic rings. The predicted octanol–water partition coefficient (Wildman–Crippen LogP) is 2.25. The molecule has 0 aliphatic heterocycles. The molecule has 3 aromatic rings. The Hall–Kier alpha value is -2.63. The minimum Gasteiger partial charge on any atom is -0.476 e. The molecule has 0 aromatic carbocycles. The number of imidazole rings is 1. The van der Waals surface area contributed by atoms with Gasteiger partial charge in [-0.15, -0.1) is 0 Å². The van der Waals surface area contributed by atoms with Crippen LogP contribution in [-0.4, -0.2) is 25.7 Å². The maximum atomic E-state index is 11.1. The van der Waals surface area contributed by atoms with Crippen LogP contribution < -0.4 is 0 Å². The van der Waals surface area contributed by atoms with Gasteiger partial charge in [-0.3, -0.25) is 0 Å². The fraction of sp³-hybridized carbons (Fsp3) is 0.154. The third-order valence-corrected chi connectivity index (χ3v) is 2.86. The van der Waals surface area contributed by atoms with Crippen LogP contribution >= 0.6 is 0 Å². The van der Waals surface area contributed by atoms with Crippen LogP contribution in [-0.2, 0) is 6.42 Å². The molecule has 96 valence electrons. The number of aryl methyl sites for hydroxylation is 1. The van der Waals surface area contributed by atoms with Gasteiger partial charge in [0.1, 0.15) is 11.5 Å². The van der Waals surface area contributed by atoms with E-state index in [0.29, 0.717) is 29.2 Å². The smallest absolute Gasteiger partial charge is 0.356 e. The van der Waals surface area contributed by atoms with Crippen molar-refractivity contribution >= 4 is 11.5 Å². The molecule has 0 amide bonds. The topological polar surface area (TPSA) is 80.6 Å². The molecular weight excluding hydrogens is 246 g/mol. The summed E-state index contributed by atoms with van der Waals surface area (Å²) in [7, 11) is 0. The van der Waals surface area contributed by atoms with Crippen LogP contribution in [0.15, 0.2) is 34.9 Å². The Morgan fingerprint density at radius 2 is 2.26 bits per heavy atom. The van der Waals surface area contributed by atoms with Gasteiger partial charge in [0.25, 0.3) is 0 Å². The third-order valence-electron chi connectivity index (χ3n) is 2.86. The van der Waals surface area contributed by atoms with Crippen LogP contribution in [0, 0.1) is 0 Å². The Balaban J connectivity index is 2.25. The van der Waals surface area contributed by atoms with E-state index in [4.69, 9.17) is 9.52 Å². The van der Waals surface area contributed by atoms with E-state index in [1.54, 1.807) is 35.0 Å². The first-order valence-corrected chi connectivity index (χ1v) is 5.86. The second-order valence-corrected chi connectivity index (χ2v) is 4.03. The monoisotopic (exact) mass is 257 g/mol. The minimum absolute atomic E-state index is 0.0235. The van der Waals surface area contributed by atoms with Crippen molar-refractivity contribution in [3.05, 3.63) is 42.0 Å². The molecule has 6 nitrogen and oxygen atoms in total. The van der Waals surface area contributed by atoms with E-state index < -0.39 is 5.97 Å². The fourth-order valence-electron chi connectivity index (χ4n) is 1.98. The van der Waals surface area contributed by atoms with E-state index in [9.17, 15) is 4.79 Å². The molecule has 0 atom stereocenters. The fourth-order valence-corrected chi connectivity index (χ4v) is 1.98. The maximum Gasteiger partial charge on any atom is 0.356 e. The highest BCUT2D eigenvalue weighted by Crippen LogP contribution is 2.20. The quantitative estimate of drug-likeness (QED) is 0.778. The van der Waals surface area contributed by atoms with Crippen molar-refractivity contribution in [3.63, 3.8) is 0 Å². The second-order valence-electron chi connectivity index (χ2n) is 4.03. The highest BCUT2D eigenvalue weighted by atomic mass is 16.4. The van der Waals surface area contributed by atoms with Gasteiger partial charge in [-0.2, -0.15) is 5.10 Å². The molecule has 3 rings (SSSR count). The number of fused-ring (bicyclic) bond motifs is 1. The Bertz CT molecular complexity index is 744. The molecular formula is C13H11N3O3. The van der Waals surface area contributed by atoms with E-state index in [0.717, 1.165) is 0 Å². The normalized spacial score (nSPS) is 11.0. The third kappa shape index (κ3) is 1.77. The maximum absolute atomic E-state index is 11.1. The Morgan fingerprint density at radius 3 is 2.89 bits per heavy atom. The lowest BCUT2D eigenvalue weighted by Gasteiger charge is -2.00. The van der Waals surface area contributed by atoms with Crippen LogP contribution in [0.3, 0.4) is 0 Å². The molecule has 0 fully saturated rings. The molecule has 0 saturated carbocycles. The summed E-state index contributed by atoms with van der Waals surface area (Å²) in [5.41, 5.74) is 1.15. The van der Waals surface area contributed by atoms with Gasteiger partial charge in [-0.05, 0) is 24.3 Å². The predicted molar refractivity (Wildman–Crippen MR) is 67.0 cm³/mol. The minimum atomic E-state index is -1.05. The molecule has 3 heterocycles. The highest BCUT2D eigenvalue weighted by Gasteiger charge is 2.17. The van der Waals surface area contributed by atoms with E-state index in [1.807, 2.05) is 6.92 Å². The zero-order valence-corrected chi connectivity index (χ0v) is 10.2. The molecule has 0 aliphatic carbocycles. The molecule has 6 heteroatoms. The standard InChI is InChI=1S/C13H11N3O3/c1-2-11-14-12(13(17)18)9-6-5-8(15-16(9)11)10-4-3-7-19-10/h3-7H,2H2,1H3,(H,17,18). The van der Waals surface area contributed by atoms with Crippen molar-refractivity contribution in [1.82, 2.24) is 14.6 Å². The van der Waals surface area contributed by atoms with Crippen LogP contribution in [0.25, 0.3) is 17.0 Å². The van der Waals surface area contributed by atoms with E-state index in [1.165, 1.54) is 0 Å². The van der Waals surface area contributed by atoms with Gasteiger partial charge in [-0.25, -0.2) is 14.3 Å². The van der Waals surface area contributed by atoms with Gasteiger partial charge in [0.2, 0.25) is 0 Å².